The minimum absolute atomic E-state index is 0.175. The van der Waals surface area contributed by atoms with Crippen LogP contribution in [0.1, 0.15) is 28.9 Å². The van der Waals surface area contributed by atoms with Crippen LogP contribution in [0.3, 0.4) is 0 Å². The first-order valence-electron chi connectivity index (χ1n) is 12.2. The summed E-state index contributed by atoms with van der Waals surface area (Å²) in [6.45, 7) is 3.50. The lowest BCUT2D eigenvalue weighted by molar-refractivity contribution is -0.117. The van der Waals surface area contributed by atoms with Gasteiger partial charge in [-0.1, -0.05) is 36.9 Å². The molecule has 1 saturated carbocycles. The number of rotatable bonds is 6. The van der Waals surface area contributed by atoms with Gasteiger partial charge in [0.25, 0.3) is 5.91 Å². The summed E-state index contributed by atoms with van der Waals surface area (Å²) >= 11 is 1.21. The number of amides is 4. The van der Waals surface area contributed by atoms with Gasteiger partial charge in [-0.15, -0.1) is 11.3 Å². The first kappa shape index (κ1) is 23.7. The molecule has 2 aliphatic rings. The van der Waals surface area contributed by atoms with Crippen LogP contribution in [-0.4, -0.2) is 44.9 Å². The number of pyridine rings is 1. The quantitative estimate of drug-likeness (QED) is 0.320. The third-order valence-electron chi connectivity index (χ3n) is 6.75. The van der Waals surface area contributed by atoms with Gasteiger partial charge in [0.15, 0.2) is 0 Å². The number of carbonyl (C=O) groups is 3. The number of carbonyl (C=O) groups excluding carboxylic acids is 3. The second-order valence-electron chi connectivity index (χ2n) is 9.04. The molecule has 1 aromatic carbocycles. The molecule has 38 heavy (non-hydrogen) atoms. The van der Waals surface area contributed by atoms with Crippen molar-refractivity contribution < 1.29 is 14.4 Å². The van der Waals surface area contributed by atoms with Crippen molar-refractivity contribution in [3.8, 4) is 11.3 Å². The first-order valence-corrected chi connectivity index (χ1v) is 13.0. The fourth-order valence-electron chi connectivity index (χ4n) is 4.99. The lowest BCUT2D eigenvalue weighted by atomic mass is 10.1. The molecular weight excluding hydrogens is 502 g/mol. The van der Waals surface area contributed by atoms with E-state index in [1.807, 2.05) is 30.3 Å². The van der Waals surface area contributed by atoms with Gasteiger partial charge in [-0.3, -0.25) is 9.59 Å². The minimum Gasteiger partial charge on any atom is -0.348 e. The van der Waals surface area contributed by atoms with Crippen molar-refractivity contribution in [1.82, 2.24) is 25.6 Å². The zero-order chi connectivity index (χ0) is 26.2. The summed E-state index contributed by atoms with van der Waals surface area (Å²) in [4.78, 5) is 54.3. The standard InChI is InChI=1S/C27H23N7O3S/c1-2-21(35)31-16-9-6-10-17(16)32-25(36)24-23-22-19(11-12-28-26(22)38-24)34(27(37)33-23)20-13-18(29-14-30-20)15-7-4-3-5-8-15/h2-5,7-8,11-14,16-17H,1,6,9-10H2,(H,31,35)(H,32,36)(H,33,37)/t16-,17+/m0/s1. The van der Waals surface area contributed by atoms with Crippen LogP contribution in [0.5, 0.6) is 0 Å². The Morgan fingerprint density at radius 3 is 2.66 bits per heavy atom. The molecule has 2 atom stereocenters. The highest BCUT2D eigenvalue weighted by Crippen LogP contribution is 2.45. The number of benzene rings is 1. The first-order chi connectivity index (χ1) is 18.5. The number of anilines is 3. The Balaban J connectivity index is 1.34. The van der Waals surface area contributed by atoms with E-state index in [0.29, 0.717) is 38.0 Å². The van der Waals surface area contributed by atoms with Gasteiger partial charge < -0.3 is 16.0 Å². The Labute approximate surface area is 221 Å². The highest BCUT2D eigenvalue weighted by atomic mass is 32.1. The van der Waals surface area contributed by atoms with E-state index < -0.39 is 6.03 Å². The predicted molar refractivity (Wildman–Crippen MR) is 145 cm³/mol. The van der Waals surface area contributed by atoms with Crippen LogP contribution in [-0.2, 0) is 4.79 Å². The van der Waals surface area contributed by atoms with Crippen LogP contribution in [0.15, 0.2) is 67.6 Å². The van der Waals surface area contributed by atoms with Crippen molar-refractivity contribution in [3.63, 3.8) is 0 Å². The molecule has 0 unspecified atom stereocenters. The molecule has 0 bridgehead atoms. The lowest BCUT2D eigenvalue weighted by Crippen LogP contribution is -2.48. The summed E-state index contributed by atoms with van der Waals surface area (Å²) in [6.07, 6.45) is 6.66. The Hall–Kier alpha value is -4.64. The zero-order valence-corrected chi connectivity index (χ0v) is 21.0. The molecule has 1 aliphatic heterocycles. The topological polar surface area (TPSA) is 129 Å². The summed E-state index contributed by atoms with van der Waals surface area (Å²) in [5, 5.41) is 9.50. The maximum Gasteiger partial charge on any atom is 0.332 e. The van der Waals surface area contributed by atoms with E-state index >= 15 is 0 Å². The van der Waals surface area contributed by atoms with Crippen LogP contribution in [0.2, 0.25) is 0 Å². The highest BCUT2D eigenvalue weighted by molar-refractivity contribution is 7.21. The molecular formula is C27H23N7O3S. The number of thiophene rings is 1. The smallest absolute Gasteiger partial charge is 0.332 e. The molecule has 10 nitrogen and oxygen atoms in total. The van der Waals surface area contributed by atoms with Crippen molar-refractivity contribution >= 4 is 56.6 Å². The lowest BCUT2D eigenvalue weighted by Gasteiger charge is -2.27. The van der Waals surface area contributed by atoms with Gasteiger partial charge in [0.05, 0.1) is 22.5 Å². The summed E-state index contributed by atoms with van der Waals surface area (Å²) in [5.74, 6) is -0.186. The SMILES string of the molecule is C=CC(=O)N[C@H]1CCC[C@H]1NC(=O)c1sc2nccc3c2c1NC(=O)N3c1cc(-c2ccccc2)ncn1. The molecule has 1 aliphatic carbocycles. The zero-order valence-electron chi connectivity index (χ0n) is 20.2. The normalized spacial score (nSPS) is 18.2. The van der Waals surface area contributed by atoms with Crippen molar-refractivity contribution in [2.45, 2.75) is 31.3 Å². The van der Waals surface area contributed by atoms with Gasteiger partial charge >= 0.3 is 6.03 Å². The molecule has 0 saturated heterocycles. The number of aromatic nitrogens is 3. The minimum atomic E-state index is -0.438. The van der Waals surface area contributed by atoms with Gasteiger partial charge in [-0.2, -0.15) is 0 Å². The average Bonchev–Trinajstić information content (AvgIpc) is 3.54. The number of urea groups is 1. The predicted octanol–water partition coefficient (Wildman–Crippen LogP) is 4.39. The van der Waals surface area contributed by atoms with E-state index in [4.69, 9.17) is 0 Å². The molecule has 4 amide bonds. The van der Waals surface area contributed by atoms with Gasteiger partial charge in [-0.05, 0) is 31.4 Å². The summed E-state index contributed by atoms with van der Waals surface area (Å²) in [6, 6.07) is 12.3. The second-order valence-corrected chi connectivity index (χ2v) is 10.0. The number of hydrogen-bond donors (Lipinski definition) is 3. The Morgan fingerprint density at radius 1 is 1.08 bits per heavy atom. The van der Waals surface area contributed by atoms with Crippen molar-refractivity contribution in [2.24, 2.45) is 0 Å². The molecule has 1 fully saturated rings. The Morgan fingerprint density at radius 2 is 1.87 bits per heavy atom. The molecule has 3 N–H and O–H groups in total. The van der Waals surface area contributed by atoms with Gasteiger partial charge in [-0.25, -0.2) is 24.6 Å². The largest absolute Gasteiger partial charge is 0.348 e. The number of nitrogens with zero attached hydrogens (tertiary/aromatic N) is 4. The van der Waals surface area contributed by atoms with E-state index in [-0.39, 0.29) is 23.9 Å². The van der Waals surface area contributed by atoms with E-state index in [9.17, 15) is 14.4 Å². The molecule has 0 radical (unpaired) electrons. The summed E-state index contributed by atoms with van der Waals surface area (Å²) in [7, 11) is 0. The van der Waals surface area contributed by atoms with Crippen LogP contribution in [0.4, 0.5) is 22.0 Å². The van der Waals surface area contributed by atoms with Gasteiger partial charge in [0.2, 0.25) is 5.91 Å². The third-order valence-corrected chi connectivity index (χ3v) is 7.85. The Kier molecular flexibility index (Phi) is 6.04. The molecule has 3 aromatic heterocycles. The number of nitrogens with one attached hydrogen (secondary N) is 3. The Bertz CT molecular complexity index is 1590. The highest BCUT2D eigenvalue weighted by Gasteiger charge is 2.35. The molecule has 6 rings (SSSR count). The van der Waals surface area contributed by atoms with Crippen molar-refractivity contribution in [2.75, 3.05) is 10.2 Å². The summed E-state index contributed by atoms with van der Waals surface area (Å²) in [5.41, 5.74) is 2.59. The van der Waals surface area contributed by atoms with Gasteiger partial charge in [0.1, 0.15) is 21.9 Å². The third kappa shape index (κ3) is 4.16. The van der Waals surface area contributed by atoms with Crippen LogP contribution < -0.4 is 20.9 Å². The van der Waals surface area contributed by atoms with E-state index in [1.54, 1.807) is 18.3 Å². The van der Waals surface area contributed by atoms with E-state index in [0.717, 1.165) is 24.8 Å². The molecule has 4 aromatic rings. The average molecular weight is 526 g/mol. The fraction of sp³-hybridized carbons (Fsp3) is 0.185. The van der Waals surface area contributed by atoms with E-state index in [2.05, 4.69) is 37.5 Å². The van der Waals surface area contributed by atoms with Crippen LogP contribution >= 0.6 is 11.3 Å². The molecule has 190 valence electrons. The van der Waals surface area contributed by atoms with E-state index in [1.165, 1.54) is 28.6 Å². The molecule has 0 spiro atoms. The number of hydrogen-bond acceptors (Lipinski definition) is 7. The van der Waals surface area contributed by atoms with Crippen molar-refractivity contribution in [1.29, 1.82) is 0 Å². The van der Waals surface area contributed by atoms with Crippen LogP contribution in [0, 0.1) is 0 Å². The second kappa shape index (κ2) is 9.67. The monoisotopic (exact) mass is 525 g/mol. The maximum absolute atomic E-state index is 13.4. The van der Waals surface area contributed by atoms with Gasteiger partial charge in [0, 0.05) is 29.9 Å². The van der Waals surface area contributed by atoms with Crippen molar-refractivity contribution in [3.05, 3.63) is 72.5 Å². The maximum atomic E-state index is 13.4. The summed E-state index contributed by atoms with van der Waals surface area (Å²) < 4.78 is 0. The molecule has 4 heterocycles. The fourth-order valence-corrected chi connectivity index (χ4v) is 6.01. The van der Waals surface area contributed by atoms with Crippen LogP contribution in [0.25, 0.3) is 21.5 Å². The molecule has 11 heteroatoms.